The van der Waals surface area contributed by atoms with Gasteiger partial charge in [-0.15, -0.1) is 11.3 Å². The predicted molar refractivity (Wildman–Crippen MR) is 70.8 cm³/mol. The lowest BCUT2D eigenvalue weighted by Crippen LogP contribution is -1.84. The summed E-state index contributed by atoms with van der Waals surface area (Å²) in [5.74, 6) is 1.35. The molecule has 1 aromatic carbocycles. The van der Waals surface area contributed by atoms with E-state index in [2.05, 4.69) is 11.1 Å². The van der Waals surface area contributed by atoms with Crippen LogP contribution in [0.5, 0.6) is 5.75 Å². The molecule has 3 rings (SSSR count). The van der Waals surface area contributed by atoms with E-state index < -0.39 is 0 Å². The lowest BCUT2D eigenvalue weighted by molar-refractivity contribution is 0.415. The van der Waals surface area contributed by atoms with Gasteiger partial charge in [0.2, 0.25) is 0 Å². The second-order valence-electron chi connectivity index (χ2n) is 4.35. The van der Waals surface area contributed by atoms with Gasteiger partial charge in [-0.05, 0) is 37.1 Å². The molecule has 1 aliphatic rings. The fourth-order valence-corrected chi connectivity index (χ4v) is 2.86. The van der Waals surface area contributed by atoms with Crippen molar-refractivity contribution in [2.45, 2.75) is 18.8 Å². The summed E-state index contributed by atoms with van der Waals surface area (Å²) >= 11 is 1.48. The molecule has 1 saturated carbocycles. The third-order valence-electron chi connectivity index (χ3n) is 3.06. The molecule has 0 bridgehead atoms. The van der Waals surface area contributed by atoms with Crippen molar-refractivity contribution in [3.63, 3.8) is 0 Å². The van der Waals surface area contributed by atoms with E-state index in [1.165, 1.54) is 24.2 Å². The summed E-state index contributed by atoms with van der Waals surface area (Å²) in [6.07, 6.45) is 2.33. The smallest absolute Gasteiger partial charge is 0.128 e. The fourth-order valence-electron chi connectivity index (χ4n) is 1.90. The van der Waals surface area contributed by atoms with Gasteiger partial charge in [0, 0.05) is 11.5 Å². The molecule has 1 heterocycles. The number of nitriles is 1. The molecule has 4 heteroatoms. The van der Waals surface area contributed by atoms with Crippen molar-refractivity contribution in [1.29, 1.82) is 5.26 Å². The maximum atomic E-state index is 9.14. The highest BCUT2D eigenvalue weighted by atomic mass is 32.1. The zero-order valence-electron chi connectivity index (χ0n) is 10.0. The van der Waals surface area contributed by atoms with Gasteiger partial charge in [-0.2, -0.15) is 5.26 Å². The van der Waals surface area contributed by atoms with Crippen LogP contribution in [0.4, 0.5) is 0 Å². The van der Waals surface area contributed by atoms with Crippen molar-refractivity contribution in [3.05, 3.63) is 34.8 Å². The largest absolute Gasteiger partial charge is 0.497 e. The lowest BCUT2D eigenvalue weighted by atomic mass is 10.2. The van der Waals surface area contributed by atoms with Gasteiger partial charge in [0.15, 0.2) is 0 Å². The highest BCUT2D eigenvalue weighted by molar-refractivity contribution is 7.15. The van der Waals surface area contributed by atoms with E-state index in [0.29, 0.717) is 5.92 Å². The second-order valence-corrected chi connectivity index (χ2v) is 5.35. The normalized spacial score (nSPS) is 14.2. The molecule has 1 aromatic heterocycles. The zero-order chi connectivity index (χ0) is 12.5. The minimum absolute atomic E-state index is 0.517. The van der Waals surface area contributed by atoms with Crippen LogP contribution in [0.15, 0.2) is 24.3 Å². The van der Waals surface area contributed by atoms with Crippen LogP contribution in [0.1, 0.15) is 29.3 Å². The number of rotatable bonds is 3. The molecule has 2 aromatic rings. The molecule has 0 N–H and O–H groups in total. The van der Waals surface area contributed by atoms with Crippen LogP contribution in [0.25, 0.3) is 10.6 Å². The molecule has 1 fully saturated rings. The summed E-state index contributed by atoms with van der Waals surface area (Å²) in [6, 6.07) is 10.1. The minimum Gasteiger partial charge on any atom is -0.497 e. The Balaban J connectivity index is 1.98. The molecule has 0 saturated heterocycles. The maximum Gasteiger partial charge on any atom is 0.128 e. The molecule has 3 nitrogen and oxygen atoms in total. The topological polar surface area (TPSA) is 45.9 Å². The van der Waals surface area contributed by atoms with Gasteiger partial charge in [0.05, 0.1) is 12.8 Å². The van der Waals surface area contributed by atoms with Crippen molar-refractivity contribution < 1.29 is 4.74 Å². The van der Waals surface area contributed by atoms with Gasteiger partial charge < -0.3 is 4.74 Å². The third-order valence-corrected chi connectivity index (χ3v) is 4.08. The minimum atomic E-state index is 0.517. The van der Waals surface area contributed by atoms with E-state index in [4.69, 9.17) is 10.00 Å². The molecule has 0 radical (unpaired) electrons. The van der Waals surface area contributed by atoms with E-state index in [-0.39, 0.29) is 0 Å². The first-order valence-corrected chi connectivity index (χ1v) is 6.68. The van der Waals surface area contributed by atoms with E-state index in [1.54, 1.807) is 7.11 Å². The van der Waals surface area contributed by atoms with E-state index in [9.17, 15) is 0 Å². The molecule has 0 spiro atoms. The van der Waals surface area contributed by atoms with Crippen LogP contribution < -0.4 is 4.74 Å². The summed E-state index contributed by atoms with van der Waals surface area (Å²) < 4.78 is 5.13. The Hall–Kier alpha value is -1.86. The zero-order valence-corrected chi connectivity index (χ0v) is 10.8. The van der Waals surface area contributed by atoms with Gasteiger partial charge in [0.25, 0.3) is 0 Å². The Morgan fingerprint density at radius 2 is 2.06 bits per heavy atom. The van der Waals surface area contributed by atoms with Crippen LogP contribution in [0.3, 0.4) is 0 Å². The summed E-state index contributed by atoms with van der Waals surface area (Å²) in [5, 5.41) is 10.1. The monoisotopic (exact) mass is 256 g/mol. The highest BCUT2D eigenvalue weighted by Crippen LogP contribution is 2.43. The van der Waals surface area contributed by atoms with Crippen LogP contribution in [-0.2, 0) is 0 Å². The first kappa shape index (κ1) is 11.2. The number of benzene rings is 1. The van der Waals surface area contributed by atoms with Gasteiger partial charge in [-0.25, -0.2) is 4.98 Å². The van der Waals surface area contributed by atoms with Gasteiger partial charge >= 0.3 is 0 Å². The lowest BCUT2D eigenvalue weighted by Gasteiger charge is -2.00. The Morgan fingerprint density at radius 3 is 2.61 bits per heavy atom. The van der Waals surface area contributed by atoms with Crippen molar-refractivity contribution in [2.24, 2.45) is 0 Å². The average molecular weight is 256 g/mol. The van der Waals surface area contributed by atoms with Gasteiger partial charge in [0.1, 0.15) is 21.7 Å². The Labute approximate surface area is 110 Å². The first-order valence-electron chi connectivity index (χ1n) is 5.87. The molecule has 18 heavy (non-hydrogen) atoms. The summed E-state index contributed by atoms with van der Waals surface area (Å²) in [4.78, 5) is 5.39. The molecule has 0 unspecified atom stereocenters. The van der Waals surface area contributed by atoms with Crippen LogP contribution in [0, 0.1) is 11.3 Å². The van der Waals surface area contributed by atoms with E-state index >= 15 is 0 Å². The quantitative estimate of drug-likeness (QED) is 0.843. The molecular weight excluding hydrogens is 244 g/mol. The standard InChI is InChI=1S/C14H12N2OS/c1-17-11-6-4-10(5-7-11)14-16-13(9-2-3-9)12(8-15)18-14/h4-7,9H,2-3H2,1H3. The van der Waals surface area contributed by atoms with Crippen LogP contribution in [0.2, 0.25) is 0 Å². The molecule has 0 aliphatic heterocycles. The first-order chi connectivity index (χ1) is 8.81. The SMILES string of the molecule is COc1ccc(-c2nc(C3CC3)c(C#N)s2)cc1. The number of aromatic nitrogens is 1. The summed E-state index contributed by atoms with van der Waals surface area (Å²) in [5.41, 5.74) is 2.04. The summed E-state index contributed by atoms with van der Waals surface area (Å²) in [7, 11) is 1.65. The Bertz CT molecular complexity index is 606. The summed E-state index contributed by atoms with van der Waals surface area (Å²) in [6.45, 7) is 0. The fraction of sp³-hybridized carbons (Fsp3) is 0.286. The van der Waals surface area contributed by atoms with Crippen molar-refractivity contribution in [2.75, 3.05) is 7.11 Å². The second kappa shape index (κ2) is 4.43. The van der Waals surface area contributed by atoms with Crippen LogP contribution >= 0.6 is 11.3 Å². The van der Waals surface area contributed by atoms with E-state index in [0.717, 1.165) is 26.9 Å². The molecular formula is C14H12N2OS. The van der Waals surface area contributed by atoms with Gasteiger partial charge in [-0.3, -0.25) is 0 Å². The third kappa shape index (κ3) is 1.98. The van der Waals surface area contributed by atoms with Crippen molar-refractivity contribution >= 4 is 11.3 Å². The number of methoxy groups -OCH3 is 1. The Morgan fingerprint density at radius 1 is 1.33 bits per heavy atom. The highest BCUT2D eigenvalue weighted by Gasteiger charge is 2.29. The van der Waals surface area contributed by atoms with Crippen molar-refractivity contribution in [1.82, 2.24) is 4.98 Å². The number of hydrogen-bond acceptors (Lipinski definition) is 4. The number of hydrogen-bond donors (Lipinski definition) is 0. The van der Waals surface area contributed by atoms with Crippen LogP contribution in [-0.4, -0.2) is 12.1 Å². The average Bonchev–Trinajstić information content (AvgIpc) is 3.18. The molecule has 1 aliphatic carbocycles. The molecule has 0 atom stereocenters. The number of nitrogens with zero attached hydrogens (tertiary/aromatic N) is 2. The Kier molecular flexibility index (Phi) is 2.77. The van der Waals surface area contributed by atoms with Crippen molar-refractivity contribution in [3.8, 4) is 22.4 Å². The number of ether oxygens (including phenoxy) is 1. The van der Waals surface area contributed by atoms with E-state index in [1.807, 2.05) is 24.3 Å². The molecule has 90 valence electrons. The maximum absolute atomic E-state index is 9.14. The molecule has 0 amide bonds. The predicted octanol–water partition coefficient (Wildman–Crippen LogP) is 3.57. The van der Waals surface area contributed by atoms with Gasteiger partial charge in [-0.1, -0.05) is 0 Å². The number of thiazole rings is 1.